The molecule has 1 aromatic heterocycles. The highest BCUT2D eigenvalue weighted by atomic mass is 32.1. The number of piperidine rings is 1. The molecule has 1 saturated heterocycles. The zero-order valence-electron chi connectivity index (χ0n) is 14.9. The molecule has 1 fully saturated rings. The number of hydrogen-bond donors (Lipinski definition) is 1. The minimum Gasteiger partial charge on any atom is -0.454 e. The van der Waals surface area contributed by atoms with Crippen molar-refractivity contribution in [3.63, 3.8) is 0 Å². The fourth-order valence-corrected chi connectivity index (χ4v) is 4.18. The van der Waals surface area contributed by atoms with Crippen molar-refractivity contribution in [1.82, 2.24) is 15.2 Å². The molecule has 0 unspecified atom stereocenters. The number of fused-ring (bicyclic) bond motifs is 1. The number of nitrogens with zero attached hydrogens (tertiary/aromatic N) is 2. The summed E-state index contributed by atoms with van der Waals surface area (Å²) in [6.45, 7) is 6.05. The Hall–Kier alpha value is -2.12. The lowest BCUT2D eigenvalue weighted by Gasteiger charge is -2.31. The molecule has 7 heteroatoms. The van der Waals surface area contributed by atoms with Crippen molar-refractivity contribution in [3.05, 3.63) is 29.3 Å². The number of aromatic nitrogens is 1. The molecular formula is C19H23N3O3S. The van der Waals surface area contributed by atoms with Crippen molar-refractivity contribution < 1.29 is 14.3 Å². The van der Waals surface area contributed by atoms with Gasteiger partial charge in [0.15, 0.2) is 11.5 Å². The van der Waals surface area contributed by atoms with Crippen molar-refractivity contribution in [2.24, 2.45) is 5.92 Å². The van der Waals surface area contributed by atoms with Crippen molar-refractivity contribution in [2.45, 2.75) is 19.8 Å². The number of carbonyl (C=O) groups is 1. The normalized spacial score (nSPS) is 16.9. The molecule has 2 aromatic rings. The number of thiazole rings is 1. The molecule has 1 N–H and O–H groups in total. The van der Waals surface area contributed by atoms with Gasteiger partial charge in [0, 0.05) is 24.0 Å². The highest BCUT2D eigenvalue weighted by Crippen LogP contribution is 2.36. The molecule has 1 amide bonds. The van der Waals surface area contributed by atoms with E-state index < -0.39 is 0 Å². The van der Waals surface area contributed by atoms with Gasteiger partial charge in [-0.2, -0.15) is 0 Å². The van der Waals surface area contributed by atoms with E-state index >= 15 is 0 Å². The van der Waals surface area contributed by atoms with E-state index in [1.165, 1.54) is 11.3 Å². The number of hydrogen-bond acceptors (Lipinski definition) is 6. The average Bonchev–Trinajstić information content (AvgIpc) is 3.35. The Labute approximate surface area is 157 Å². The van der Waals surface area contributed by atoms with Gasteiger partial charge in [-0.3, -0.25) is 4.79 Å². The maximum absolute atomic E-state index is 12.8. The number of amides is 1. The SMILES string of the molecule is CCNCC1CCN(C(=O)c2csc(-c3ccc4c(c3)OCO4)n2)CC1. The minimum absolute atomic E-state index is 0.0372. The third-order valence-electron chi connectivity index (χ3n) is 4.93. The first kappa shape index (κ1) is 17.3. The van der Waals surface area contributed by atoms with Crippen LogP contribution in [0.5, 0.6) is 11.5 Å². The van der Waals surface area contributed by atoms with E-state index in [-0.39, 0.29) is 12.7 Å². The van der Waals surface area contributed by atoms with E-state index in [1.54, 1.807) is 0 Å². The van der Waals surface area contributed by atoms with Crippen LogP contribution in [0, 0.1) is 5.92 Å². The first-order valence-corrected chi connectivity index (χ1v) is 9.98. The molecule has 0 atom stereocenters. The summed E-state index contributed by atoms with van der Waals surface area (Å²) in [7, 11) is 0. The average molecular weight is 373 g/mol. The number of nitrogens with one attached hydrogen (secondary N) is 1. The van der Waals surface area contributed by atoms with Gasteiger partial charge in [-0.1, -0.05) is 6.92 Å². The zero-order valence-corrected chi connectivity index (χ0v) is 15.7. The quantitative estimate of drug-likeness (QED) is 0.873. The van der Waals surface area contributed by atoms with Crippen LogP contribution in [0.25, 0.3) is 10.6 Å². The smallest absolute Gasteiger partial charge is 0.273 e. The second kappa shape index (κ2) is 7.63. The van der Waals surface area contributed by atoms with Crippen LogP contribution >= 0.6 is 11.3 Å². The summed E-state index contributed by atoms with van der Waals surface area (Å²) < 4.78 is 10.8. The molecule has 138 valence electrons. The topological polar surface area (TPSA) is 63.7 Å². The van der Waals surface area contributed by atoms with Crippen LogP contribution in [0.1, 0.15) is 30.3 Å². The van der Waals surface area contributed by atoms with E-state index in [2.05, 4.69) is 17.2 Å². The maximum atomic E-state index is 12.8. The van der Waals surface area contributed by atoms with Crippen LogP contribution in [0.4, 0.5) is 0 Å². The third kappa shape index (κ3) is 3.54. The van der Waals surface area contributed by atoms with Gasteiger partial charge in [0.25, 0.3) is 5.91 Å². The lowest BCUT2D eigenvalue weighted by Crippen LogP contribution is -2.40. The van der Waals surface area contributed by atoms with Crippen LogP contribution in [-0.4, -0.2) is 48.8 Å². The van der Waals surface area contributed by atoms with Crippen molar-refractivity contribution in [2.75, 3.05) is 33.0 Å². The molecule has 4 rings (SSSR count). The van der Waals surface area contributed by atoms with Crippen molar-refractivity contribution in [3.8, 4) is 22.1 Å². The first-order chi connectivity index (χ1) is 12.7. The number of rotatable bonds is 5. The Morgan fingerprint density at radius 1 is 1.31 bits per heavy atom. The highest BCUT2D eigenvalue weighted by molar-refractivity contribution is 7.13. The number of ether oxygens (including phenoxy) is 2. The highest BCUT2D eigenvalue weighted by Gasteiger charge is 2.25. The number of benzene rings is 1. The monoisotopic (exact) mass is 373 g/mol. The van der Waals surface area contributed by atoms with Crippen molar-refractivity contribution >= 4 is 17.2 Å². The molecule has 0 saturated carbocycles. The largest absolute Gasteiger partial charge is 0.454 e. The summed E-state index contributed by atoms with van der Waals surface area (Å²) in [6, 6.07) is 5.75. The third-order valence-corrected chi connectivity index (χ3v) is 5.82. The van der Waals surface area contributed by atoms with Crippen LogP contribution < -0.4 is 14.8 Å². The molecule has 3 heterocycles. The summed E-state index contributed by atoms with van der Waals surface area (Å²) in [5, 5.41) is 6.08. The molecule has 6 nitrogen and oxygen atoms in total. The molecule has 0 spiro atoms. The lowest BCUT2D eigenvalue weighted by molar-refractivity contribution is 0.0685. The Kier molecular flexibility index (Phi) is 5.08. The van der Waals surface area contributed by atoms with Gasteiger partial charge < -0.3 is 19.7 Å². The fourth-order valence-electron chi connectivity index (χ4n) is 3.38. The maximum Gasteiger partial charge on any atom is 0.273 e. The molecule has 2 aliphatic rings. The molecular weight excluding hydrogens is 350 g/mol. The molecule has 0 radical (unpaired) electrons. The van der Waals surface area contributed by atoms with Gasteiger partial charge in [0.1, 0.15) is 10.7 Å². The van der Waals surface area contributed by atoms with Crippen LogP contribution in [0.2, 0.25) is 0 Å². The van der Waals surface area contributed by atoms with E-state index in [4.69, 9.17) is 9.47 Å². The van der Waals surface area contributed by atoms with Gasteiger partial charge in [0.2, 0.25) is 6.79 Å². The molecule has 0 bridgehead atoms. The summed E-state index contributed by atoms with van der Waals surface area (Å²) in [5.41, 5.74) is 1.48. The Morgan fingerprint density at radius 3 is 2.92 bits per heavy atom. The summed E-state index contributed by atoms with van der Waals surface area (Å²) >= 11 is 1.49. The summed E-state index contributed by atoms with van der Waals surface area (Å²) in [5.74, 6) is 2.18. The molecule has 26 heavy (non-hydrogen) atoms. The lowest BCUT2D eigenvalue weighted by atomic mass is 9.96. The van der Waals surface area contributed by atoms with Gasteiger partial charge in [-0.15, -0.1) is 11.3 Å². The number of likely N-dealkylation sites (tertiary alicyclic amines) is 1. The van der Waals surface area contributed by atoms with Crippen molar-refractivity contribution in [1.29, 1.82) is 0 Å². The molecule has 2 aliphatic heterocycles. The second-order valence-corrected chi connectivity index (χ2v) is 7.51. The predicted octanol–water partition coefficient (Wildman–Crippen LogP) is 3.00. The molecule has 1 aromatic carbocycles. The zero-order chi connectivity index (χ0) is 17.9. The van der Waals surface area contributed by atoms with E-state index in [9.17, 15) is 4.79 Å². The van der Waals surface area contributed by atoms with Gasteiger partial charge >= 0.3 is 0 Å². The second-order valence-electron chi connectivity index (χ2n) is 6.65. The van der Waals surface area contributed by atoms with E-state index in [1.807, 2.05) is 28.5 Å². The van der Waals surface area contributed by atoms with Gasteiger partial charge in [-0.25, -0.2) is 4.98 Å². The van der Waals surface area contributed by atoms with Crippen LogP contribution in [0.15, 0.2) is 23.6 Å². The minimum atomic E-state index is 0.0372. The summed E-state index contributed by atoms with van der Waals surface area (Å²) in [4.78, 5) is 19.3. The van der Waals surface area contributed by atoms with Crippen LogP contribution in [0.3, 0.4) is 0 Å². The standard InChI is InChI=1S/C19H23N3O3S/c1-2-20-10-13-5-7-22(8-6-13)19(23)15-11-26-18(21-15)14-3-4-16-17(9-14)25-12-24-16/h3-4,9,11,13,20H,2,5-8,10,12H2,1H3. The Balaban J connectivity index is 1.41. The van der Waals surface area contributed by atoms with Crippen LogP contribution in [-0.2, 0) is 0 Å². The first-order valence-electron chi connectivity index (χ1n) is 9.10. The Morgan fingerprint density at radius 2 is 2.12 bits per heavy atom. The molecule has 0 aliphatic carbocycles. The fraction of sp³-hybridized carbons (Fsp3) is 0.474. The summed E-state index contributed by atoms with van der Waals surface area (Å²) in [6.07, 6.45) is 2.11. The number of carbonyl (C=O) groups excluding carboxylic acids is 1. The van der Waals surface area contributed by atoms with E-state index in [0.29, 0.717) is 11.6 Å². The van der Waals surface area contributed by atoms with E-state index in [0.717, 1.165) is 61.1 Å². The Bertz CT molecular complexity index is 784. The predicted molar refractivity (Wildman–Crippen MR) is 101 cm³/mol. The van der Waals surface area contributed by atoms with Gasteiger partial charge in [-0.05, 0) is 50.0 Å². The van der Waals surface area contributed by atoms with Gasteiger partial charge in [0.05, 0.1) is 0 Å².